The molecule has 0 saturated carbocycles. The summed E-state index contributed by atoms with van der Waals surface area (Å²) in [5, 5.41) is 1.14. The van der Waals surface area contributed by atoms with Crippen molar-refractivity contribution < 1.29 is 25.8 Å². The summed E-state index contributed by atoms with van der Waals surface area (Å²) in [5.74, 6) is -0.260. The minimum Gasteiger partial charge on any atom is -0.379 e. The molecule has 0 spiro atoms. The van der Waals surface area contributed by atoms with Crippen LogP contribution in [0.2, 0.25) is 0 Å². The monoisotopic (exact) mass is 728 g/mol. The molecule has 0 aliphatic carbocycles. The number of fused-ring (bicyclic) bond motifs is 2. The van der Waals surface area contributed by atoms with Crippen LogP contribution in [0.4, 0.5) is 5.69 Å². The summed E-state index contributed by atoms with van der Waals surface area (Å²) < 4.78 is 69.8. The Balaban J connectivity index is 1.15. The lowest BCUT2D eigenvalue weighted by atomic mass is 10.0. The van der Waals surface area contributed by atoms with Crippen LogP contribution in [0.15, 0.2) is 119 Å². The van der Waals surface area contributed by atoms with Gasteiger partial charge in [0.15, 0.2) is 0 Å². The van der Waals surface area contributed by atoms with Crippen LogP contribution in [0.25, 0.3) is 21.8 Å². The second kappa shape index (κ2) is 13.7. The summed E-state index contributed by atoms with van der Waals surface area (Å²) in [6, 6.07) is 26.3. The summed E-state index contributed by atoms with van der Waals surface area (Å²) in [5.41, 5.74) is 2.37. The fourth-order valence-corrected chi connectivity index (χ4v) is 9.32. The molecule has 1 aliphatic heterocycles. The molecule has 6 aromatic rings. The number of anilines is 1. The number of hydrogen-bond acceptors (Lipinski definition) is 11. The lowest BCUT2D eigenvalue weighted by Gasteiger charge is -2.39. The van der Waals surface area contributed by atoms with Crippen LogP contribution in [0, 0.1) is 0 Å². The predicted octanol–water partition coefficient (Wildman–Crippen LogP) is 4.59. The molecule has 3 heterocycles. The topological polar surface area (TPSA) is 143 Å². The average Bonchev–Trinajstić information content (AvgIpc) is 3.63. The lowest BCUT2D eigenvalue weighted by Crippen LogP contribution is -2.56. The first kappa shape index (κ1) is 33.5. The third-order valence-electron chi connectivity index (χ3n) is 8.81. The normalized spacial score (nSPS) is 14.7. The molecule has 0 unspecified atom stereocenters. The van der Waals surface area contributed by atoms with Crippen molar-refractivity contribution in [3.8, 4) is 5.75 Å². The predicted molar refractivity (Wildman–Crippen MR) is 191 cm³/mol. The van der Waals surface area contributed by atoms with Gasteiger partial charge < -0.3 is 14.0 Å². The number of sulfonamides is 1. The number of likely N-dealkylation sites (N-methyl/N-ethyl adjacent to an activating group) is 1. The SMILES string of the molecule is CN([C@@H](Cc1ccc(OS(=O)(=O)c2cccc3cnccc23)cc1)C(=O)N1CCN(c2ccccc2)CC1)S(=O)(=O)c1cccc2nsnc12. The second-order valence-corrected chi connectivity index (χ2v) is 15.8. The van der Waals surface area contributed by atoms with E-state index < -0.39 is 26.2 Å². The highest BCUT2D eigenvalue weighted by Gasteiger charge is 2.37. The number of para-hydroxylation sites is 1. The number of amides is 1. The molecule has 12 nitrogen and oxygen atoms in total. The van der Waals surface area contributed by atoms with E-state index in [2.05, 4.69) is 18.6 Å². The summed E-state index contributed by atoms with van der Waals surface area (Å²) >= 11 is 0.917. The maximum absolute atomic E-state index is 14.3. The van der Waals surface area contributed by atoms with Gasteiger partial charge >= 0.3 is 10.1 Å². The first-order chi connectivity index (χ1) is 24.1. The van der Waals surface area contributed by atoms with Crippen molar-refractivity contribution >= 4 is 65.3 Å². The molecule has 1 fully saturated rings. The number of carbonyl (C=O) groups excluding carboxylic acids is 1. The molecule has 256 valence electrons. The molecule has 7 rings (SSSR count). The summed E-state index contributed by atoms with van der Waals surface area (Å²) in [4.78, 5) is 22.2. The number of carbonyl (C=O) groups is 1. The zero-order valence-electron chi connectivity index (χ0n) is 26.9. The van der Waals surface area contributed by atoms with Crippen LogP contribution in [0.5, 0.6) is 5.75 Å². The van der Waals surface area contributed by atoms with Gasteiger partial charge in [-0.2, -0.15) is 21.5 Å². The average molecular weight is 729 g/mol. The van der Waals surface area contributed by atoms with Crippen LogP contribution in [0.3, 0.4) is 0 Å². The first-order valence-electron chi connectivity index (χ1n) is 15.8. The molecular weight excluding hydrogens is 697 g/mol. The highest BCUT2D eigenvalue weighted by Crippen LogP contribution is 2.29. The van der Waals surface area contributed by atoms with E-state index in [1.807, 2.05) is 30.3 Å². The van der Waals surface area contributed by atoms with Gasteiger partial charge in [0.1, 0.15) is 32.6 Å². The van der Waals surface area contributed by atoms with Gasteiger partial charge in [0.2, 0.25) is 15.9 Å². The third-order valence-corrected chi connectivity index (χ3v) is 12.6. The zero-order valence-corrected chi connectivity index (χ0v) is 29.3. The van der Waals surface area contributed by atoms with Crippen molar-refractivity contribution in [1.82, 2.24) is 22.9 Å². The fourth-order valence-electron chi connectivity index (χ4n) is 6.10. The number of rotatable bonds is 10. The Hall–Kier alpha value is -4.96. The number of benzene rings is 4. The van der Waals surface area contributed by atoms with Gasteiger partial charge in [-0.15, -0.1) is 0 Å². The van der Waals surface area contributed by atoms with E-state index in [0.29, 0.717) is 48.0 Å². The Bertz CT molecular complexity index is 2380. The van der Waals surface area contributed by atoms with Crippen LogP contribution in [0.1, 0.15) is 5.56 Å². The molecule has 0 radical (unpaired) electrons. The van der Waals surface area contributed by atoms with Crippen molar-refractivity contribution in [2.45, 2.75) is 22.3 Å². The van der Waals surface area contributed by atoms with Gasteiger partial charge in [-0.1, -0.05) is 48.5 Å². The van der Waals surface area contributed by atoms with Crippen molar-refractivity contribution in [3.05, 3.63) is 115 Å². The quantitative estimate of drug-likeness (QED) is 0.184. The van der Waals surface area contributed by atoms with Crippen LogP contribution in [-0.2, 0) is 31.4 Å². The van der Waals surface area contributed by atoms with E-state index in [0.717, 1.165) is 21.7 Å². The number of nitrogens with zero attached hydrogens (tertiary/aromatic N) is 6. The van der Waals surface area contributed by atoms with Crippen molar-refractivity contribution in [3.63, 3.8) is 0 Å². The Morgan fingerprint density at radius 1 is 0.840 bits per heavy atom. The van der Waals surface area contributed by atoms with E-state index >= 15 is 0 Å². The maximum Gasteiger partial charge on any atom is 0.339 e. The minimum atomic E-state index is -4.20. The third kappa shape index (κ3) is 6.64. The van der Waals surface area contributed by atoms with Gasteiger partial charge in [0.25, 0.3) is 0 Å². The Morgan fingerprint density at radius 3 is 2.32 bits per heavy atom. The Morgan fingerprint density at radius 2 is 1.56 bits per heavy atom. The van der Waals surface area contributed by atoms with Crippen LogP contribution < -0.4 is 9.08 Å². The smallest absolute Gasteiger partial charge is 0.339 e. The molecule has 15 heteroatoms. The first-order valence-corrected chi connectivity index (χ1v) is 19.3. The van der Waals surface area contributed by atoms with Crippen LogP contribution in [-0.4, -0.2) is 84.9 Å². The van der Waals surface area contributed by atoms with E-state index in [1.54, 1.807) is 53.6 Å². The van der Waals surface area contributed by atoms with E-state index in [1.165, 1.54) is 37.5 Å². The zero-order chi connectivity index (χ0) is 34.9. The molecule has 1 atom stereocenters. The molecule has 0 bridgehead atoms. The molecule has 4 aromatic carbocycles. The molecule has 1 aliphatic rings. The molecule has 0 N–H and O–H groups in total. The van der Waals surface area contributed by atoms with E-state index in [-0.39, 0.29) is 33.4 Å². The lowest BCUT2D eigenvalue weighted by molar-refractivity contribution is -0.135. The fraction of sp³-hybridized carbons (Fsp3) is 0.200. The Kier molecular flexibility index (Phi) is 9.22. The van der Waals surface area contributed by atoms with Gasteiger partial charge in [0.05, 0.1) is 11.7 Å². The van der Waals surface area contributed by atoms with Crippen molar-refractivity contribution in [2.75, 3.05) is 38.1 Å². The standard InChI is InChI=1S/C35H32N6O6S3/c1-39(49(43,44)33-12-6-10-30-34(33)38-48-37-30)31(35(42)41-21-19-40(20-22-41)27-8-3-2-4-9-27)23-25-13-15-28(16-14-25)47-50(45,46)32-11-5-7-26-24-36-18-17-29(26)32/h2-18,24,31H,19-23H2,1H3/t31-/m0/s1. The van der Waals surface area contributed by atoms with E-state index in [9.17, 15) is 21.6 Å². The highest BCUT2D eigenvalue weighted by molar-refractivity contribution is 7.89. The Labute approximate surface area is 294 Å². The van der Waals surface area contributed by atoms with Gasteiger partial charge in [0, 0.05) is 62.1 Å². The number of aromatic nitrogens is 3. The van der Waals surface area contributed by atoms with Crippen LogP contribution >= 0.6 is 11.7 Å². The number of hydrogen-bond donors (Lipinski definition) is 0. The molecular formula is C35H32N6O6S3. The number of pyridine rings is 1. The molecule has 2 aromatic heterocycles. The highest BCUT2D eigenvalue weighted by atomic mass is 32.2. The summed E-state index contributed by atoms with van der Waals surface area (Å²) in [6.45, 7) is 2.02. The maximum atomic E-state index is 14.3. The van der Waals surface area contributed by atoms with Gasteiger partial charge in [-0.25, -0.2) is 8.42 Å². The molecule has 1 amide bonds. The van der Waals surface area contributed by atoms with Gasteiger partial charge in [-0.05, 0) is 60.5 Å². The minimum absolute atomic E-state index is 0.0108. The van der Waals surface area contributed by atoms with Gasteiger partial charge in [-0.3, -0.25) is 9.78 Å². The number of piperazine rings is 1. The largest absolute Gasteiger partial charge is 0.379 e. The summed E-state index contributed by atoms with van der Waals surface area (Å²) in [6.07, 6.45) is 3.13. The molecule has 1 saturated heterocycles. The molecule has 50 heavy (non-hydrogen) atoms. The second-order valence-electron chi connectivity index (χ2n) is 11.8. The summed E-state index contributed by atoms with van der Waals surface area (Å²) in [7, 11) is -6.99. The van der Waals surface area contributed by atoms with E-state index in [4.69, 9.17) is 4.18 Å². The van der Waals surface area contributed by atoms with Crippen molar-refractivity contribution in [1.29, 1.82) is 0 Å². The van der Waals surface area contributed by atoms with Crippen molar-refractivity contribution in [2.24, 2.45) is 0 Å².